The van der Waals surface area contributed by atoms with Crippen molar-refractivity contribution in [2.24, 2.45) is 0 Å². The monoisotopic (exact) mass is 274 g/mol. The summed E-state index contributed by atoms with van der Waals surface area (Å²) < 4.78 is 5.57. The number of hydrogen-bond donors (Lipinski definition) is 2. The SMILES string of the molecule is Cc1nc(CCOc2ccccc2)[nH]c(=O)c1CCO. The molecule has 2 rings (SSSR count). The van der Waals surface area contributed by atoms with E-state index in [9.17, 15) is 4.79 Å². The summed E-state index contributed by atoms with van der Waals surface area (Å²) in [5.41, 5.74) is 1.03. The molecular formula is C15H18N2O3. The van der Waals surface area contributed by atoms with E-state index in [2.05, 4.69) is 9.97 Å². The molecule has 20 heavy (non-hydrogen) atoms. The molecule has 0 amide bonds. The van der Waals surface area contributed by atoms with Crippen LogP contribution in [-0.2, 0) is 12.8 Å². The van der Waals surface area contributed by atoms with Crippen molar-refractivity contribution in [3.63, 3.8) is 0 Å². The zero-order chi connectivity index (χ0) is 14.4. The first-order chi connectivity index (χ1) is 9.70. The predicted molar refractivity (Wildman–Crippen MR) is 76.0 cm³/mol. The lowest BCUT2D eigenvalue weighted by molar-refractivity contribution is 0.298. The van der Waals surface area contributed by atoms with Crippen molar-refractivity contribution in [3.05, 3.63) is 57.8 Å². The second kappa shape index (κ2) is 6.86. The molecule has 0 saturated carbocycles. The molecule has 5 heteroatoms. The fourth-order valence-electron chi connectivity index (χ4n) is 1.98. The molecule has 0 radical (unpaired) electrons. The molecule has 0 atom stereocenters. The molecule has 0 aliphatic rings. The zero-order valence-electron chi connectivity index (χ0n) is 11.4. The zero-order valence-corrected chi connectivity index (χ0v) is 11.4. The summed E-state index contributed by atoms with van der Waals surface area (Å²) in [6.07, 6.45) is 0.860. The van der Waals surface area contributed by atoms with Gasteiger partial charge in [0.15, 0.2) is 0 Å². The lowest BCUT2D eigenvalue weighted by atomic mass is 10.2. The van der Waals surface area contributed by atoms with Gasteiger partial charge in [0.05, 0.1) is 6.61 Å². The average molecular weight is 274 g/mol. The van der Waals surface area contributed by atoms with Gasteiger partial charge in [-0.05, 0) is 19.1 Å². The van der Waals surface area contributed by atoms with E-state index in [1.165, 1.54) is 0 Å². The maximum absolute atomic E-state index is 11.8. The normalized spacial score (nSPS) is 10.5. The van der Waals surface area contributed by atoms with E-state index < -0.39 is 0 Å². The molecule has 2 aromatic rings. The number of rotatable bonds is 6. The van der Waals surface area contributed by atoms with E-state index in [0.717, 1.165) is 5.75 Å². The van der Waals surface area contributed by atoms with Crippen molar-refractivity contribution < 1.29 is 9.84 Å². The van der Waals surface area contributed by atoms with Gasteiger partial charge in [0.25, 0.3) is 5.56 Å². The Labute approximate surface area is 117 Å². The minimum Gasteiger partial charge on any atom is -0.493 e. The van der Waals surface area contributed by atoms with Crippen molar-refractivity contribution in [3.8, 4) is 5.75 Å². The summed E-state index contributed by atoms with van der Waals surface area (Å²) in [5.74, 6) is 1.40. The molecule has 0 unspecified atom stereocenters. The highest BCUT2D eigenvalue weighted by atomic mass is 16.5. The number of para-hydroxylation sites is 1. The molecule has 0 fully saturated rings. The van der Waals surface area contributed by atoms with E-state index in [1.54, 1.807) is 6.92 Å². The Morgan fingerprint density at radius 3 is 2.65 bits per heavy atom. The number of hydrogen-bond acceptors (Lipinski definition) is 4. The topological polar surface area (TPSA) is 75.2 Å². The number of nitrogens with one attached hydrogen (secondary N) is 1. The summed E-state index contributed by atoms with van der Waals surface area (Å²) in [7, 11) is 0. The van der Waals surface area contributed by atoms with Gasteiger partial charge in [-0.3, -0.25) is 4.79 Å². The standard InChI is InChI=1S/C15H18N2O3/c1-11-13(7-9-18)15(19)17-14(16-11)8-10-20-12-5-3-2-4-6-12/h2-6,18H,7-10H2,1H3,(H,16,17,19). The number of aryl methyl sites for hydroxylation is 1. The first-order valence-electron chi connectivity index (χ1n) is 6.58. The van der Waals surface area contributed by atoms with Gasteiger partial charge < -0.3 is 14.8 Å². The van der Waals surface area contributed by atoms with E-state index in [0.29, 0.717) is 36.5 Å². The van der Waals surface area contributed by atoms with Crippen molar-refractivity contribution in [2.45, 2.75) is 19.8 Å². The summed E-state index contributed by atoms with van der Waals surface area (Å²) in [6, 6.07) is 9.50. The second-order valence-corrected chi connectivity index (χ2v) is 4.46. The van der Waals surface area contributed by atoms with Gasteiger partial charge in [0, 0.05) is 30.7 Å². The molecule has 1 heterocycles. The molecule has 0 saturated heterocycles. The Kier molecular flexibility index (Phi) is 4.90. The number of benzene rings is 1. The van der Waals surface area contributed by atoms with E-state index >= 15 is 0 Å². The smallest absolute Gasteiger partial charge is 0.254 e. The fourth-order valence-corrected chi connectivity index (χ4v) is 1.98. The number of ether oxygens (including phenoxy) is 1. The van der Waals surface area contributed by atoms with Crippen molar-refractivity contribution in [2.75, 3.05) is 13.2 Å². The van der Waals surface area contributed by atoms with Crippen LogP contribution in [0.25, 0.3) is 0 Å². The van der Waals surface area contributed by atoms with Crippen LogP contribution in [0.1, 0.15) is 17.1 Å². The van der Waals surface area contributed by atoms with Crippen LogP contribution in [0.15, 0.2) is 35.1 Å². The Morgan fingerprint density at radius 1 is 1.25 bits per heavy atom. The Hall–Kier alpha value is -2.14. The highest BCUT2D eigenvalue weighted by molar-refractivity contribution is 5.21. The number of aliphatic hydroxyl groups excluding tert-OH is 1. The quantitative estimate of drug-likeness (QED) is 0.831. The molecule has 5 nitrogen and oxygen atoms in total. The van der Waals surface area contributed by atoms with Crippen LogP contribution in [0.4, 0.5) is 0 Å². The van der Waals surface area contributed by atoms with Gasteiger partial charge in [-0.2, -0.15) is 0 Å². The largest absolute Gasteiger partial charge is 0.493 e. The highest BCUT2D eigenvalue weighted by Crippen LogP contribution is 2.08. The lowest BCUT2D eigenvalue weighted by Gasteiger charge is -2.08. The maximum Gasteiger partial charge on any atom is 0.254 e. The number of aromatic amines is 1. The van der Waals surface area contributed by atoms with Crippen LogP contribution in [0, 0.1) is 6.92 Å². The summed E-state index contributed by atoms with van der Waals surface area (Å²) in [5, 5.41) is 8.90. The molecule has 0 aliphatic heterocycles. The Morgan fingerprint density at radius 2 is 2.00 bits per heavy atom. The average Bonchev–Trinajstić information content (AvgIpc) is 2.44. The molecule has 0 bridgehead atoms. The highest BCUT2D eigenvalue weighted by Gasteiger charge is 2.07. The van der Waals surface area contributed by atoms with Crippen LogP contribution in [0.3, 0.4) is 0 Å². The van der Waals surface area contributed by atoms with Crippen LogP contribution in [0.5, 0.6) is 5.75 Å². The van der Waals surface area contributed by atoms with Crippen molar-refractivity contribution in [1.82, 2.24) is 9.97 Å². The third-order valence-corrected chi connectivity index (χ3v) is 2.98. The fraction of sp³-hybridized carbons (Fsp3) is 0.333. The minimum atomic E-state index is -0.179. The van der Waals surface area contributed by atoms with Crippen LogP contribution < -0.4 is 10.3 Å². The Bertz CT molecular complexity index is 608. The second-order valence-electron chi connectivity index (χ2n) is 4.46. The van der Waals surface area contributed by atoms with E-state index in [4.69, 9.17) is 9.84 Å². The number of aromatic nitrogens is 2. The van der Waals surface area contributed by atoms with Crippen molar-refractivity contribution in [1.29, 1.82) is 0 Å². The van der Waals surface area contributed by atoms with E-state index in [1.807, 2.05) is 30.3 Å². The summed E-state index contributed by atoms with van der Waals surface area (Å²) in [6.45, 7) is 2.18. The predicted octanol–water partition coefficient (Wildman–Crippen LogP) is 1.23. The van der Waals surface area contributed by atoms with Gasteiger partial charge in [-0.1, -0.05) is 18.2 Å². The van der Waals surface area contributed by atoms with Crippen LogP contribution >= 0.6 is 0 Å². The molecule has 2 N–H and O–H groups in total. The lowest BCUT2D eigenvalue weighted by Crippen LogP contribution is -2.21. The Balaban J connectivity index is 1.98. The van der Waals surface area contributed by atoms with Gasteiger partial charge in [0.1, 0.15) is 11.6 Å². The number of aliphatic hydroxyl groups is 1. The molecule has 0 spiro atoms. The van der Waals surface area contributed by atoms with Gasteiger partial charge >= 0.3 is 0 Å². The minimum absolute atomic E-state index is 0.0535. The molecule has 1 aromatic carbocycles. The first kappa shape index (κ1) is 14.3. The molecule has 0 aliphatic carbocycles. The maximum atomic E-state index is 11.8. The molecular weight excluding hydrogens is 256 g/mol. The summed E-state index contributed by atoms with van der Waals surface area (Å²) >= 11 is 0. The molecule has 1 aromatic heterocycles. The van der Waals surface area contributed by atoms with Gasteiger partial charge in [0.2, 0.25) is 0 Å². The van der Waals surface area contributed by atoms with Gasteiger partial charge in [-0.15, -0.1) is 0 Å². The van der Waals surface area contributed by atoms with Crippen molar-refractivity contribution >= 4 is 0 Å². The number of H-pyrrole nitrogens is 1. The first-order valence-corrected chi connectivity index (χ1v) is 6.58. The summed E-state index contributed by atoms with van der Waals surface area (Å²) in [4.78, 5) is 18.9. The van der Waals surface area contributed by atoms with Gasteiger partial charge in [-0.25, -0.2) is 4.98 Å². The number of nitrogens with zero attached hydrogens (tertiary/aromatic N) is 1. The molecule has 106 valence electrons. The van der Waals surface area contributed by atoms with Crippen LogP contribution in [-0.4, -0.2) is 28.3 Å². The third kappa shape index (κ3) is 3.68. The van der Waals surface area contributed by atoms with E-state index in [-0.39, 0.29) is 12.2 Å². The van der Waals surface area contributed by atoms with Crippen LogP contribution in [0.2, 0.25) is 0 Å². The third-order valence-electron chi connectivity index (χ3n) is 2.98.